The fourth-order valence-corrected chi connectivity index (χ4v) is 1.43. The lowest BCUT2D eigenvalue weighted by molar-refractivity contribution is -0.144. The van der Waals surface area contributed by atoms with Gasteiger partial charge < -0.3 is 14.9 Å². The van der Waals surface area contributed by atoms with Crippen LogP contribution in [0, 0.1) is 0 Å². The van der Waals surface area contributed by atoms with Crippen LogP contribution in [0.25, 0.3) is 0 Å². The minimum absolute atomic E-state index is 0.0929. The smallest absolute Gasteiger partial charge is 0.333 e. The minimum atomic E-state index is -0.966. The maximum Gasteiger partial charge on any atom is 0.333 e. The van der Waals surface area contributed by atoms with Crippen molar-refractivity contribution in [1.29, 1.82) is 0 Å². The van der Waals surface area contributed by atoms with Gasteiger partial charge in [-0.2, -0.15) is 0 Å². The number of carbonyl (C=O) groups is 2. The number of carboxylic acids is 1. The van der Waals surface area contributed by atoms with Crippen LogP contribution in [0.4, 0.5) is 0 Å². The zero-order valence-electron chi connectivity index (χ0n) is 12.4. The number of aliphatic hydroxyl groups excluding tert-OH is 1. The summed E-state index contributed by atoms with van der Waals surface area (Å²) in [6.07, 6.45) is 5.24. The molecule has 0 aromatic heterocycles. The molecule has 0 saturated heterocycles. The Bertz CT molecular complexity index is 382. The third-order valence-corrected chi connectivity index (χ3v) is 2.89. The van der Waals surface area contributed by atoms with Gasteiger partial charge in [0.05, 0.1) is 0 Å². The molecule has 0 aliphatic rings. The highest BCUT2D eigenvalue weighted by molar-refractivity contribution is 5.88. The van der Waals surface area contributed by atoms with Gasteiger partial charge in [0.2, 0.25) is 0 Å². The Kier molecular flexibility index (Phi) is 9.38. The van der Waals surface area contributed by atoms with Gasteiger partial charge >= 0.3 is 11.9 Å². The van der Waals surface area contributed by atoms with Crippen LogP contribution in [0.3, 0.4) is 0 Å². The molecule has 0 radical (unpaired) electrons. The second-order valence-corrected chi connectivity index (χ2v) is 4.62. The molecule has 2 N–H and O–H groups in total. The van der Waals surface area contributed by atoms with E-state index in [2.05, 4.69) is 0 Å². The predicted molar refractivity (Wildman–Crippen MR) is 76.3 cm³/mol. The van der Waals surface area contributed by atoms with E-state index < -0.39 is 11.9 Å². The van der Waals surface area contributed by atoms with Crippen LogP contribution in [0.5, 0.6) is 0 Å². The van der Waals surface area contributed by atoms with E-state index in [0.717, 1.165) is 0 Å². The summed E-state index contributed by atoms with van der Waals surface area (Å²) in [5, 5.41) is 17.4. The molecule has 0 bridgehead atoms. The number of aliphatic carboxylic acids is 1. The quantitative estimate of drug-likeness (QED) is 0.386. The van der Waals surface area contributed by atoms with Crippen LogP contribution < -0.4 is 0 Å². The normalized spacial score (nSPS) is 14.0. The molecule has 20 heavy (non-hydrogen) atoms. The van der Waals surface area contributed by atoms with Gasteiger partial charge in [0, 0.05) is 24.2 Å². The van der Waals surface area contributed by atoms with Crippen molar-refractivity contribution in [2.45, 2.75) is 52.6 Å². The molecule has 5 heteroatoms. The van der Waals surface area contributed by atoms with Crippen molar-refractivity contribution in [1.82, 2.24) is 0 Å². The lowest BCUT2D eigenvalue weighted by Crippen LogP contribution is -2.18. The van der Waals surface area contributed by atoms with Crippen molar-refractivity contribution in [3.63, 3.8) is 0 Å². The number of unbranched alkanes of at least 4 members (excludes halogenated alkanes) is 1. The highest BCUT2D eigenvalue weighted by atomic mass is 16.5. The summed E-state index contributed by atoms with van der Waals surface area (Å²) in [7, 11) is 0. The summed E-state index contributed by atoms with van der Waals surface area (Å²) in [5.41, 5.74) is 0.755. The number of hydrogen-bond donors (Lipinski definition) is 2. The molecule has 0 aliphatic heterocycles. The van der Waals surface area contributed by atoms with Gasteiger partial charge in [-0.1, -0.05) is 19.1 Å². The number of allylic oxidation sites excluding steroid dienone is 1. The third-order valence-electron chi connectivity index (χ3n) is 2.89. The fraction of sp³-hybridized carbons (Fsp3) is 0.600. The lowest BCUT2D eigenvalue weighted by Gasteiger charge is -2.15. The zero-order chi connectivity index (χ0) is 15.5. The molecule has 0 rings (SSSR count). The number of ether oxygens (including phenoxy) is 1. The van der Waals surface area contributed by atoms with Crippen molar-refractivity contribution in [2.75, 3.05) is 6.61 Å². The van der Waals surface area contributed by atoms with Crippen molar-refractivity contribution >= 4 is 11.9 Å². The van der Waals surface area contributed by atoms with Crippen LogP contribution in [0.1, 0.15) is 46.5 Å². The Hall–Kier alpha value is -1.62. The van der Waals surface area contributed by atoms with E-state index in [1.807, 2.05) is 6.92 Å². The Morgan fingerprint density at radius 1 is 1.20 bits per heavy atom. The molecule has 0 fully saturated rings. The molecule has 0 heterocycles. The monoisotopic (exact) mass is 284 g/mol. The van der Waals surface area contributed by atoms with Crippen molar-refractivity contribution in [2.24, 2.45) is 0 Å². The van der Waals surface area contributed by atoms with Gasteiger partial charge in [-0.05, 0) is 33.1 Å². The first-order valence-corrected chi connectivity index (χ1v) is 6.81. The number of aliphatic hydroxyl groups is 1. The molecule has 0 aliphatic carbocycles. The molecule has 114 valence electrons. The number of carboxylic acid groups (broad SMARTS) is 1. The van der Waals surface area contributed by atoms with E-state index in [1.165, 1.54) is 6.92 Å². The van der Waals surface area contributed by atoms with Crippen molar-refractivity contribution in [3.05, 3.63) is 23.3 Å². The maximum absolute atomic E-state index is 11.8. The summed E-state index contributed by atoms with van der Waals surface area (Å²) in [5.74, 6) is -1.36. The second-order valence-electron chi connectivity index (χ2n) is 4.62. The van der Waals surface area contributed by atoms with Gasteiger partial charge in [0.1, 0.15) is 6.10 Å². The first-order valence-electron chi connectivity index (χ1n) is 6.81. The molecule has 0 aromatic carbocycles. The van der Waals surface area contributed by atoms with E-state index >= 15 is 0 Å². The molecule has 0 saturated carbocycles. The number of rotatable bonds is 9. The fourth-order valence-electron chi connectivity index (χ4n) is 1.43. The Labute approximate surface area is 119 Å². The lowest BCUT2D eigenvalue weighted by atomic mass is 10.1. The van der Waals surface area contributed by atoms with Gasteiger partial charge in [-0.25, -0.2) is 9.59 Å². The first kappa shape index (κ1) is 18.4. The summed E-state index contributed by atoms with van der Waals surface area (Å²) >= 11 is 0. The van der Waals surface area contributed by atoms with E-state index in [-0.39, 0.29) is 18.3 Å². The molecule has 0 aromatic rings. The topological polar surface area (TPSA) is 83.8 Å². The standard InChI is InChI=1S/C15H24O5/c1-4-13(9-8-11(2)14(17)18)20-15(19)12(3)7-5-6-10-16/h7-8,13,16H,4-6,9-10H2,1-3H3,(H,17,18). The van der Waals surface area contributed by atoms with Crippen LogP contribution in [-0.2, 0) is 14.3 Å². The first-order chi connectivity index (χ1) is 9.42. The molecule has 0 amide bonds. The molecule has 5 nitrogen and oxygen atoms in total. The van der Waals surface area contributed by atoms with E-state index in [0.29, 0.717) is 31.3 Å². The summed E-state index contributed by atoms with van der Waals surface area (Å²) in [4.78, 5) is 22.5. The average Bonchev–Trinajstić information content (AvgIpc) is 2.42. The highest BCUT2D eigenvalue weighted by Gasteiger charge is 2.13. The SMILES string of the molecule is CCC(CC=C(C)C(=O)O)OC(=O)C(C)=CCCCO. The molecule has 1 atom stereocenters. The molecular weight excluding hydrogens is 260 g/mol. The third kappa shape index (κ3) is 7.74. The Morgan fingerprint density at radius 2 is 1.85 bits per heavy atom. The predicted octanol–water partition coefficient (Wildman–Crippen LogP) is 2.45. The van der Waals surface area contributed by atoms with E-state index in [4.69, 9.17) is 14.9 Å². The van der Waals surface area contributed by atoms with Gasteiger partial charge in [-0.3, -0.25) is 0 Å². The van der Waals surface area contributed by atoms with Crippen molar-refractivity contribution in [3.8, 4) is 0 Å². The maximum atomic E-state index is 11.8. The highest BCUT2D eigenvalue weighted by Crippen LogP contribution is 2.11. The van der Waals surface area contributed by atoms with Crippen LogP contribution in [-0.4, -0.2) is 34.9 Å². The Morgan fingerprint density at radius 3 is 2.35 bits per heavy atom. The number of esters is 1. The zero-order valence-corrected chi connectivity index (χ0v) is 12.4. The van der Waals surface area contributed by atoms with Crippen LogP contribution in [0.15, 0.2) is 23.3 Å². The number of carbonyl (C=O) groups excluding carboxylic acids is 1. The Balaban J connectivity index is 4.42. The summed E-state index contributed by atoms with van der Waals surface area (Å²) < 4.78 is 5.32. The second kappa shape index (κ2) is 10.2. The van der Waals surface area contributed by atoms with Gasteiger partial charge in [0.15, 0.2) is 0 Å². The summed E-state index contributed by atoms with van der Waals surface area (Å²) in [6, 6.07) is 0. The largest absolute Gasteiger partial charge is 0.478 e. The molecule has 0 spiro atoms. The average molecular weight is 284 g/mol. The minimum Gasteiger partial charge on any atom is -0.478 e. The summed E-state index contributed by atoms with van der Waals surface area (Å²) in [6.45, 7) is 5.16. The van der Waals surface area contributed by atoms with E-state index in [9.17, 15) is 9.59 Å². The van der Waals surface area contributed by atoms with Gasteiger partial charge in [0.25, 0.3) is 0 Å². The molecular formula is C15H24O5. The number of hydrogen-bond acceptors (Lipinski definition) is 4. The van der Waals surface area contributed by atoms with Crippen molar-refractivity contribution < 1.29 is 24.5 Å². The van der Waals surface area contributed by atoms with E-state index in [1.54, 1.807) is 19.1 Å². The van der Waals surface area contributed by atoms with Gasteiger partial charge in [-0.15, -0.1) is 0 Å². The van der Waals surface area contributed by atoms with Crippen LogP contribution in [0.2, 0.25) is 0 Å². The molecule has 1 unspecified atom stereocenters. The van der Waals surface area contributed by atoms with Crippen LogP contribution >= 0.6 is 0 Å².